The molecule has 1 aliphatic heterocycles. The smallest absolute Gasteiger partial charge is 0.133 e. The SMILES string of the molecule is Cc1ccc(-n2nc(-c3cccc(Br)c3)c3c2NCC3)cc1Cl. The fourth-order valence-electron chi connectivity index (χ4n) is 2.94. The first kappa shape index (κ1) is 14.8. The standard InChI is InChI=1S/C18H15BrClN3/c1-11-5-6-14(10-16(11)20)23-18-15(7-8-21-18)17(22-23)12-3-2-4-13(19)9-12/h2-6,9-10,21H,7-8H2,1H3. The molecule has 116 valence electrons. The molecule has 1 aromatic heterocycles. The molecule has 0 aliphatic carbocycles. The predicted octanol–water partition coefficient (Wildman–Crippen LogP) is 5.23. The Labute approximate surface area is 148 Å². The molecule has 0 saturated carbocycles. The van der Waals surface area contributed by atoms with E-state index in [1.165, 1.54) is 5.56 Å². The third-order valence-corrected chi connectivity index (χ3v) is 5.05. The number of rotatable bonds is 2. The maximum absolute atomic E-state index is 6.29. The number of hydrogen-bond acceptors (Lipinski definition) is 2. The zero-order valence-electron chi connectivity index (χ0n) is 12.6. The highest BCUT2D eigenvalue weighted by Crippen LogP contribution is 2.35. The summed E-state index contributed by atoms with van der Waals surface area (Å²) in [5.74, 6) is 1.07. The third-order valence-electron chi connectivity index (χ3n) is 4.15. The topological polar surface area (TPSA) is 29.9 Å². The molecule has 0 bridgehead atoms. The van der Waals surface area contributed by atoms with Crippen molar-refractivity contribution in [2.45, 2.75) is 13.3 Å². The Hall–Kier alpha value is -1.78. The molecule has 23 heavy (non-hydrogen) atoms. The Morgan fingerprint density at radius 1 is 1.22 bits per heavy atom. The number of aromatic nitrogens is 2. The molecule has 0 spiro atoms. The summed E-state index contributed by atoms with van der Waals surface area (Å²) >= 11 is 9.83. The van der Waals surface area contributed by atoms with E-state index in [2.05, 4.69) is 39.4 Å². The molecule has 0 unspecified atom stereocenters. The molecule has 4 rings (SSSR count). The number of nitrogens with one attached hydrogen (secondary N) is 1. The number of hydrogen-bond donors (Lipinski definition) is 1. The largest absolute Gasteiger partial charge is 0.369 e. The van der Waals surface area contributed by atoms with Gasteiger partial charge < -0.3 is 5.32 Å². The van der Waals surface area contributed by atoms with Crippen molar-refractivity contribution in [1.82, 2.24) is 9.78 Å². The number of benzene rings is 2. The van der Waals surface area contributed by atoms with Crippen molar-refractivity contribution in [1.29, 1.82) is 0 Å². The van der Waals surface area contributed by atoms with Gasteiger partial charge in [0, 0.05) is 27.2 Å². The molecule has 0 amide bonds. The number of aryl methyl sites for hydroxylation is 1. The van der Waals surface area contributed by atoms with Crippen LogP contribution in [0.15, 0.2) is 46.9 Å². The van der Waals surface area contributed by atoms with E-state index in [1.807, 2.05) is 35.9 Å². The van der Waals surface area contributed by atoms with Crippen molar-refractivity contribution in [3.63, 3.8) is 0 Å². The fourth-order valence-corrected chi connectivity index (χ4v) is 3.52. The van der Waals surface area contributed by atoms with Crippen LogP contribution < -0.4 is 5.32 Å². The number of fused-ring (bicyclic) bond motifs is 1. The lowest BCUT2D eigenvalue weighted by atomic mass is 10.1. The van der Waals surface area contributed by atoms with Crippen LogP contribution in [0.2, 0.25) is 5.02 Å². The quantitative estimate of drug-likeness (QED) is 0.651. The minimum absolute atomic E-state index is 0.758. The molecule has 0 radical (unpaired) electrons. The second-order valence-corrected chi connectivity index (χ2v) is 7.03. The normalized spacial score (nSPS) is 13.0. The van der Waals surface area contributed by atoms with E-state index in [1.54, 1.807) is 0 Å². The highest BCUT2D eigenvalue weighted by atomic mass is 79.9. The fraction of sp³-hybridized carbons (Fsp3) is 0.167. The monoisotopic (exact) mass is 387 g/mol. The number of nitrogens with zero attached hydrogens (tertiary/aromatic N) is 2. The molecule has 3 aromatic rings. The van der Waals surface area contributed by atoms with Crippen LogP contribution in [0.1, 0.15) is 11.1 Å². The van der Waals surface area contributed by atoms with Crippen molar-refractivity contribution in [3.05, 3.63) is 63.1 Å². The maximum Gasteiger partial charge on any atom is 0.133 e. The van der Waals surface area contributed by atoms with Crippen LogP contribution in [0, 0.1) is 6.92 Å². The lowest BCUT2D eigenvalue weighted by molar-refractivity contribution is 0.882. The summed E-state index contributed by atoms with van der Waals surface area (Å²) in [7, 11) is 0. The van der Waals surface area contributed by atoms with Crippen molar-refractivity contribution >= 4 is 33.3 Å². The summed E-state index contributed by atoms with van der Waals surface area (Å²) in [4.78, 5) is 0. The van der Waals surface area contributed by atoms with Gasteiger partial charge >= 0.3 is 0 Å². The van der Waals surface area contributed by atoms with E-state index in [0.29, 0.717) is 0 Å². The first-order valence-electron chi connectivity index (χ1n) is 7.52. The van der Waals surface area contributed by atoms with E-state index in [-0.39, 0.29) is 0 Å². The Balaban J connectivity index is 1.89. The molecule has 3 nitrogen and oxygen atoms in total. The van der Waals surface area contributed by atoms with Crippen LogP contribution in [0.25, 0.3) is 16.9 Å². The van der Waals surface area contributed by atoms with E-state index in [0.717, 1.165) is 50.8 Å². The lowest BCUT2D eigenvalue weighted by Gasteiger charge is -2.08. The first-order valence-corrected chi connectivity index (χ1v) is 8.69. The molecule has 2 heterocycles. The summed E-state index contributed by atoms with van der Waals surface area (Å²) in [5.41, 5.74) is 5.46. The maximum atomic E-state index is 6.29. The molecule has 0 atom stereocenters. The molecular formula is C18H15BrClN3. The van der Waals surface area contributed by atoms with Gasteiger partial charge in [-0.3, -0.25) is 0 Å². The lowest BCUT2D eigenvalue weighted by Crippen LogP contribution is -2.04. The summed E-state index contributed by atoms with van der Waals surface area (Å²) in [6.45, 7) is 2.94. The summed E-state index contributed by atoms with van der Waals surface area (Å²) in [6, 6.07) is 14.3. The Bertz CT molecular complexity index is 901. The summed E-state index contributed by atoms with van der Waals surface area (Å²) in [5, 5.41) is 9.07. The molecule has 5 heteroatoms. The Kier molecular flexibility index (Phi) is 3.66. The van der Waals surface area contributed by atoms with Gasteiger partial charge in [0.1, 0.15) is 5.82 Å². The van der Waals surface area contributed by atoms with Crippen molar-refractivity contribution in [3.8, 4) is 16.9 Å². The van der Waals surface area contributed by atoms with Gasteiger partial charge in [-0.15, -0.1) is 0 Å². The minimum atomic E-state index is 0.758. The van der Waals surface area contributed by atoms with Crippen LogP contribution in [0.4, 0.5) is 5.82 Å². The molecule has 0 fully saturated rings. The van der Waals surface area contributed by atoms with Crippen molar-refractivity contribution in [2.75, 3.05) is 11.9 Å². The average Bonchev–Trinajstić information content (AvgIpc) is 3.12. The van der Waals surface area contributed by atoms with E-state index in [4.69, 9.17) is 16.7 Å². The van der Waals surface area contributed by atoms with Gasteiger partial charge in [-0.1, -0.05) is 45.7 Å². The van der Waals surface area contributed by atoms with Gasteiger partial charge in [-0.05, 0) is 43.2 Å². The zero-order chi connectivity index (χ0) is 16.0. The van der Waals surface area contributed by atoms with Gasteiger partial charge in [0.15, 0.2) is 0 Å². The number of anilines is 1. The van der Waals surface area contributed by atoms with E-state index < -0.39 is 0 Å². The molecule has 1 N–H and O–H groups in total. The molecular weight excluding hydrogens is 374 g/mol. The van der Waals surface area contributed by atoms with Crippen molar-refractivity contribution in [2.24, 2.45) is 0 Å². The van der Waals surface area contributed by atoms with Crippen LogP contribution >= 0.6 is 27.5 Å². The van der Waals surface area contributed by atoms with Gasteiger partial charge in [-0.25, -0.2) is 4.68 Å². The van der Waals surface area contributed by atoms with E-state index >= 15 is 0 Å². The van der Waals surface area contributed by atoms with Crippen LogP contribution in [-0.2, 0) is 6.42 Å². The van der Waals surface area contributed by atoms with Crippen LogP contribution in [-0.4, -0.2) is 16.3 Å². The van der Waals surface area contributed by atoms with E-state index in [9.17, 15) is 0 Å². The highest BCUT2D eigenvalue weighted by Gasteiger charge is 2.24. The van der Waals surface area contributed by atoms with Crippen LogP contribution in [0.5, 0.6) is 0 Å². The van der Waals surface area contributed by atoms with Gasteiger partial charge in [0.25, 0.3) is 0 Å². The van der Waals surface area contributed by atoms with Gasteiger partial charge in [0.05, 0.1) is 11.4 Å². The molecule has 0 saturated heterocycles. The highest BCUT2D eigenvalue weighted by molar-refractivity contribution is 9.10. The minimum Gasteiger partial charge on any atom is -0.369 e. The Morgan fingerprint density at radius 2 is 2.09 bits per heavy atom. The number of halogens is 2. The Morgan fingerprint density at radius 3 is 2.87 bits per heavy atom. The van der Waals surface area contributed by atoms with Gasteiger partial charge in [-0.2, -0.15) is 5.10 Å². The second kappa shape index (κ2) is 5.69. The van der Waals surface area contributed by atoms with Crippen LogP contribution in [0.3, 0.4) is 0 Å². The second-order valence-electron chi connectivity index (χ2n) is 5.71. The summed E-state index contributed by atoms with van der Waals surface area (Å²) < 4.78 is 3.02. The molecule has 2 aromatic carbocycles. The first-order chi connectivity index (χ1) is 11.1. The molecule has 1 aliphatic rings. The predicted molar refractivity (Wildman–Crippen MR) is 98.6 cm³/mol. The van der Waals surface area contributed by atoms with Crippen molar-refractivity contribution < 1.29 is 0 Å². The zero-order valence-corrected chi connectivity index (χ0v) is 14.9. The summed E-state index contributed by atoms with van der Waals surface area (Å²) in [6.07, 6.45) is 0.983. The third kappa shape index (κ3) is 2.56. The van der Waals surface area contributed by atoms with Gasteiger partial charge in [0.2, 0.25) is 0 Å². The average molecular weight is 389 g/mol.